The summed E-state index contributed by atoms with van der Waals surface area (Å²) in [5, 5.41) is 29.7. The number of benzene rings is 4. The van der Waals surface area contributed by atoms with Gasteiger partial charge in [0.15, 0.2) is 0 Å². The van der Waals surface area contributed by atoms with Gasteiger partial charge in [0.2, 0.25) is 23.8 Å². The molecule has 0 saturated carbocycles. The summed E-state index contributed by atoms with van der Waals surface area (Å²) in [5.41, 5.74) is 1.26. The van der Waals surface area contributed by atoms with Gasteiger partial charge in [0.1, 0.15) is 31.7 Å². The zero-order valence-corrected chi connectivity index (χ0v) is 39.2. The molecule has 20 nitrogen and oxygen atoms in total. The Bertz CT molecular complexity index is 2640. The van der Waals surface area contributed by atoms with E-state index >= 15 is 0 Å². The van der Waals surface area contributed by atoms with Gasteiger partial charge in [0.25, 0.3) is 0 Å². The van der Waals surface area contributed by atoms with E-state index in [1.54, 1.807) is 36.4 Å². The Labute approximate surface area is 400 Å². The Kier molecular flexibility index (Phi) is 17.9. The molecule has 0 fully saturated rings. The Morgan fingerprint density at radius 3 is 1.31 bits per heavy atom. The molecule has 0 spiro atoms. The summed E-state index contributed by atoms with van der Waals surface area (Å²) in [4.78, 5) is 23.7. The average molecular weight is 901 g/mol. The fourth-order valence-electron chi connectivity index (χ4n) is 5.19. The van der Waals surface area contributed by atoms with E-state index in [0.29, 0.717) is 11.5 Å². The third kappa shape index (κ3) is 14.3. The van der Waals surface area contributed by atoms with Crippen LogP contribution < -0.4 is 89.9 Å². The standard InChI is InChI=1S/C38H36N10O10S2.2Na/c1-23-5-3-7-29(19-23)57-37-45-33(39-15-17-49)43-35(47-37)41-27-13-11-25(31(21-27)59(51,52)53)9-10-26-12-14-28(22-32(26)60(54,55)56)42-36-44-34(40-16-18-50)46-38(48-36)58-30-8-4-6-24(2)20-30;;/h3-8,11-14,19-22,49-50H,15-18H2,1-2H3,(H,51,52,53)(H,54,55,56)(H2,39,41,43,45,47)(H2,40,42,44,46,48);;/q;2*+1/p-2. The first-order valence-corrected chi connectivity index (χ1v) is 20.4. The summed E-state index contributed by atoms with van der Waals surface area (Å²) in [6, 6.07) is 20.9. The summed E-state index contributed by atoms with van der Waals surface area (Å²) < 4.78 is 86.3. The van der Waals surface area contributed by atoms with Gasteiger partial charge >= 0.3 is 71.1 Å². The molecule has 6 N–H and O–H groups in total. The van der Waals surface area contributed by atoms with Crippen molar-refractivity contribution in [1.29, 1.82) is 0 Å². The molecule has 0 saturated heterocycles. The number of aromatic nitrogens is 6. The number of nitrogens with one attached hydrogen (secondary N) is 4. The molecule has 62 heavy (non-hydrogen) atoms. The van der Waals surface area contributed by atoms with Gasteiger partial charge in [0.05, 0.1) is 23.0 Å². The molecule has 0 atom stereocenters. The number of hydrogen-bond donors (Lipinski definition) is 6. The topological polar surface area (TPSA) is 299 Å². The normalized spacial score (nSPS) is 10.9. The molecular weight excluding hydrogens is 867 g/mol. The quantitative estimate of drug-likeness (QED) is 0.0340. The summed E-state index contributed by atoms with van der Waals surface area (Å²) in [6.45, 7) is 3.43. The van der Waals surface area contributed by atoms with Crippen LogP contribution >= 0.6 is 0 Å². The maximum Gasteiger partial charge on any atom is 1.00 e. The number of rotatable bonds is 16. The molecule has 310 valence electrons. The van der Waals surface area contributed by atoms with Crippen molar-refractivity contribution in [3.05, 3.63) is 107 Å². The molecular formula is C38H34N10Na2O10S2. The van der Waals surface area contributed by atoms with Crippen molar-refractivity contribution in [2.75, 3.05) is 47.6 Å². The van der Waals surface area contributed by atoms with Gasteiger partial charge in [-0.3, -0.25) is 0 Å². The van der Waals surface area contributed by atoms with Crippen molar-refractivity contribution in [1.82, 2.24) is 29.9 Å². The minimum atomic E-state index is -5.19. The summed E-state index contributed by atoms with van der Waals surface area (Å²) in [5.74, 6) is 5.61. The second kappa shape index (κ2) is 22.4. The van der Waals surface area contributed by atoms with Crippen LogP contribution in [0.1, 0.15) is 22.3 Å². The van der Waals surface area contributed by atoms with Crippen molar-refractivity contribution in [3.63, 3.8) is 0 Å². The van der Waals surface area contributed by atoms with Gasteiger partial charge < -0.3 is 50.1 Å². The van der Waals surface area contributed by atoms with E-state index in [1.807, 2.05) is 26.0 Å². The third-order valence-corrected chi connectivity index (χ3v) is 9.52. The Hall–Kier alpha value is -5.00. The van der Waals surface area contributed by atoms with Crippen molar-refractivity contribution in [2.24, 2.45) is 0 Å². The number of ether oxygens (including phenoxy) is 2. The van der Waals surface area contributed by atoms with Crippen LogP contribution in [0, 0.1) is 25.7 Å². The number of hydrogen-bond acceptors (Lipinski definition) is 20. The van der Waals surface area contributed by atoms with Crippen molar-refractivity contribution >= 4 is 55.4 Å². The van der Waals surface area contributed by atoms with E-state index in [9.17, 15) is 36.2 Å². The van der Waals surface area contributed by atoms with E-state index in [4.69, 9.17) is 9.47 Å². The van der Waals surface area contributed by atoms with Gasteiger partial charge in [-0.05, 0) is 85.6 Å². The molecule has 0 radical (unpaired) electrons. The van der Waals surface area contributed by atoms with Crippen LogP contribution in [-0.4, -0.2) is 92.4 Å². The van der Waals surface area contributed by atoms with Gasteiger partial charge in [0, 0.05) is 35.6 Å². The molecule has 6 aromatic rings. The molecule has 2 aromatic heterocycles. The fourth-order valence-corrected chi connectivity index (χ4v) is 6.51. The van der Waals surface area contributed by atoms with Crippen LogP contribution in [-0.2, 0) is 20.2 Å². The SMILES string of the molecule is Cc1cccc(Oc2nc(NCCO)nc(Nc3ccc(C#Cc4ccc(Nc5nc(NCCO)nc(Oc6cccc(C)c6)n5)cc4S(=O)(=O)[O-])c(S(=O)(=O)[O-])c3)n2)c1.[Na+].[Na+]. The second-order valence-corrected chi connectivity index (χ2v) is 15.2. The molecule has 24 heteroatoms. The molecule has 0 aliphatic rings. The monoisotopic (exact) mass is 900 g/mol. The molecule has 6 rings (SSSR count). The van der Waals surface area contributed by atoms with Crippen LogP contribution in [0.2, 0.25) is 0 Å². The molecule has 0 aliphatic carbocycles. The Balaban J connectivity index is 0.00000422. The number of aliphatic hydroxyl groups excluding tert-OH is 2. The predicted octanol–water partition coefficient (Wildman–Crippen LogP) is -2.23. The van der Waals surface area contributed by atoms with Crippen molar-refractivity contribution in [2.45, 2.75) is 23.6 Å². The van der Waals surface area contributed by atoms with Crippen LogP contribution in [0.4, 0.5) is 35.2 Å². The molecule has 0 unspecified atom stereocenters. The van der Waals surface area contributed by atoms with Gasteiger partial charge in [-0.25, -0.2) is 16.8 Å². The average Bonchev–Trinajstić information content (AvgIpc) is 3.18. The Morgan fingerprint density at radius 1 is 0.565 bits per heavy atom. The smallest absolute Gasteiger partial charge is 0.744 e. The van der Waals surface area contributed by atoms with E-state index in [2.05, 4.69) is 63.0 Å². The Morgan fingerprint density at radius 2 is 0.952 bits per heavy atom. The summed E-state index contributed by atoms with van der Waals surface area (Å²) in [6.07, 6.45) is 0. The number of nitrogens with zero attached hydrogens (tertiary/aromatic N) is 6. The minimum absolute atomic E-state index is 0. The number of anilines is 6. The van der Waals surface area contributed by atoms with Crippen molar-refractivity contribution < 1.29 is 105 Å². The second-order valence-electron chi connectivity index (χ2n) is 12.5. The van der Waals surface area contributed by atoms with Crippen LogP contribution in [0.3, 0.4) is 0 Å². The molecule has 2 heterocycles. The number of aliphatic hydroxyl groups is 2. The molecule has 0 amide bonds. The molecule has 4 aromatic carbocycles. The zero-order valence-electron chi connectivity index (χ0n) is 33.6. The zero-order chi connectivity index (χ0) is 42.9. The minimum Gasteiger partial charge on any atom is -0.744 e. The van der Waals surface area contributed by atoms with Crippen LogP contribution in [0.5, 0.6) is 23.5 Å². The largest absolute Gasteiger partial charge is 1.00 e. The number of aryl methyl sites for hydroxylation is 2. The van der Waals surface area contributed by atoms with Crippen LogP contribution in [0.15, 0.2) is 94.7 Å². The van der Waals surface area contributed by atoms with E-state index in [1.165, 1.54) is 24.3 Å². The maximum absolute atomic E-state index is 12.5. The predicted molar refractivity (Wildman–Crippen MR) is 215 cm³/mol. The first-order chi connectivity index (χ1) is 28.6. The van der Waals surface area contributed by atoms with E-state index in [0.717, 1.165) is 23.3 Å². The van der Waals surface area contributed by atoms with Gasteiger partial charge in [-0.1, -0.05) is 36.1 Å². The van der Waals surface area contributed by atoms with Gasteiger partial charge in [-0.15, -0.1) is 0 Å². The summed E-state index contributed by atoms with van der Waals surface area (Å²) >= 11 is 0. The van der Waals surface area contributed by atoms with E-state index < -0.39 is 30.0 Å². The molecule has 0 aliphatic heterocycles. The van der Waals surface area contributed by atoms with Gasteiger partial charge in [-0.2, -0.15) is 29.9 Å². The first kappa shape index (κ1) is 49.7. The van der Waals surface area contributed by atoms with E-state index in [-0.39, 0.29) is 144 Å². The maximum atomic E-state index is 12.5. The molecule has 0 bridgehead atoms. The first-order valence-electron chi connectivity index (χ1n) is 17.6. The van der Waals surface area contributed by atoms with Crippen LogP contribution in [0.25, 0.3) is 0 Å². The fraction of sp³-hybridized carbons (Fsp3) is 0.158. The summed E-state index contributed by atoms with van der Waals surface area (Å²) in [7, 11) is -10.4. The van der Waals surface area contributed by atoms with Crippen molar-refractivity contribution in [3.8, 4) is 35.4 Å². The third-order valence-electron chi connectivity index (χ3n) is 7.76.